The van der Waals surface area contributed by atoms with Crippen LogP contribution in [0.15, 0.2) is 18.3 Å². The third kappa shape index (κ3) is 4.70. The van der Waals surface area contributed by atoms with E-state index in [9.17, 15) is 18.0 Å². The molecule has 5 nitrogen and oxygen atoms in total. The number of hydrogen-bond donors (Lipinski definition) is 1. The van der Waals surface area contributed by atoms with Gasteiger partial charge in [0.15, 0.2) is 0 Å². The summed E-state index contributed by atoms with van der Waals surface area (Å²) >= 11 is 0. The number of halogens is 3. The number of pyridine rings is 1. The van der Waals surface area contributed by atoms with Crippen LogP contribution in [-0.2, 0) is 15.7 Å². The van der Waals surface area contributed by atoms with E-state index in [0.717, 1.165) is 64.2 Å². The van der Waals surface area contributed by atoms with Gasteiger partial charge in [0, 0.05) is 26.0 Å². The highest BCUT2D eigenvalue weighted by Gasteiger charge is 2.33. The van der Waals surface area contributed by atoms with Gasteiger partial charge < -0.3 is 10.1 Å². The van der Waals surface area contributed by atoms with Crippen molar-refractivity contribution in [1.29, 1.82) is 0 Å². The maximum atomic E-state index is 12.6. The van der Waals surface area contributed by atoms with Crippen molar-refractivity contribution in [2.24, 2.45) is 5.92 Å². The van der Waals surface area contributed by atoms with E-state index in [0.29, 0.717) is 5.92 Å². The predicted octanol–water partition coefficient (Wildman–Crippen LogP) is 2.93. The van der Waals surface area contributed by atoms with Gasteiger partial charge in [0.25, 0.3) is 0 Å². The molecule has 1 atom stereocenters. The Morgan fingerprint density at radius 1 is 1.28 bits per heavy atom. The van der Waals surface area contributed by atoms with Gasteiger partial charge in [0.2, 0.25) is 5.91 Å². The van der Waals surface area contributed by atoms with Crippen LogP contribution in [0.5, 0.6) is 0 Å². The fourth-order valence-corrected chi connectivity index (χ4v) is 3.45. The van der Waals surface area contributed by atoms with Gasteiger partial charge in [-0.05, 0) is 50.3 Å². The number of hydrogen-bond acceptors (Lipinski definition) is 4. The predicted molar refractivity (Wildman–Crippen MR) is 86.0 cm³/mol. The first-order chi connectivity index (χ1) is 11.9. The minimum atomic E-state index is -4.43. The SMILES string of the molecule is O=C(Nc1ccc(C(F)(F)F)cn1)[C@@H]1CCCN1CC1CCOCC1. The molecule has 25 heavy (non-hydrogen) atoms. The lowest BCUT2D eigenvalue weighted by atomic mass is 9.99. The van der Waals surface area contributed by atoms with E-state index >= 15 is 0 Å². The molecule has 0 aromatic carbocycles. The second kappa shape index (κ2) is 7.70. The van der Waals surface area contributed by atoms with Gasteiger partial charge >= 0.3 is 6.18 Å². The monoisotopic (exact) mass is 357 g/mol. The van der Waals surface area contributed by atoms with E-state index in [2.05, 4.69) is 15.2 Å². The second-order valence-electron chi connectivity index (χ2n) is 6.63. The molecule has 1 aromatic heterocycles. The fourth-order valence-electron chi connectivity index (χ4n) is 3.45. The Morgan fingerprint density at radius 3 is 2.68 bits per heavy atom. The Kier molecular flexibility index (Phi) is 5.58. The number of carbonyl (C=O) groups is 1. The summed E-state index contributed by atoms with van der Waals surface area (Å²) in [5, 5.41) is 2.65. The highest BCUT2D eigenvalue weighted by atomic mass is 19.4. The van der Waals surface area contributed by atoms with Gasteiger partial charge in [-0.25, -0.2) is 4.98 Å². The van der Waals surface area contributed by atoms with E-state index in [-0.39, 0.29) is 17.8 Å². The van der Waals surface area contributed by atoms with E-state index < -0.39 is 11.7 Å². The molecule has 8 heteroatoms. The van der Waals surface area contributed by atoms with E-state index in [1.165, 1.54) is 6.07 Å². The van der Waals surface area contributed by atoms with Crippen LogP contribution in [-0.4, -0.2) is 48.1 Å². The largest absolute Gasteiger partial charge is 0.417 e. The first kappa shape index (κ1) is 18.1. The summed E-state index contributed by atoms with van der Waals surface area (Å²) in [5.41, 5.74) is -0.826. The van der Waals surface area contributed by atoms with Gasteiger partial charge in [-0.3, -0.25) is 9.69 Å². The van der Waals surface area contributed by atoms with Crippen molar-refractivity contribution >= 4 is 11.7 Å². The standard InChI is InChI=1S/C17H22F3N3O2/c18-17(19,20)13-3-4-15(21-10-13)22-16(24)14-2-1-7-23(14)11-12-5-8-25-9-6-12/h3-4,10,12,14H,1-2,5-9,11H2,(H,21,22,24)/t14-/m0/s1. The summed E-state index contributed by atoms with van der Waals surface area (Å²) in [6, 6.07) is 1.88. The Hall–Kier alpha value is -1.67. The molecule has 0 unspecified atom stereocenters. The Morgan fingerprint density at radius 2 is 2.04 bits per heavy atom. The van der Waals surface area contributed by atoms with Gasteiger partial charge in [-0.1, -0.05) is 0 Å². The number of alkyl halides is 3. The zero-order valence-corrected chi connectivity index (χ0v) is 13.9. The first-order valence-corrected chi connectivity index (χ1v) is 8.59. The molecule has 0 aliphatic carbocycles. The van der Waals surface area contributed by atoms with E-state index in [1.54, 1.807) is 0 Å². The Bertz CT molecular complexity index is 586. The lowest BCUT2D eigenvalue weighted by molar-refractivity contribution is -0.137. The number of rotatable bonds is 4. The topological polar surface area (TPSA) is 54.5 Å². The number of carbonyl (C=O) groups excluding carboxylic acids is 1. The fraction of sp³-hybridized carbons (Fsp3) is 0.647. The smallest absolute Gasteiger partial charge is 0.381 e. The molecule has 3 heterocycles. The average Bonchev–Trinajstić information content (AvgIpc) is 3.04. The molecule has 1 N–H and O–H groups in total. The van der Waals surface area contributed by atoms with Crippen molar-refractivity contribution in [3.05, 3.63) is 23.9 Å². The molecule has 3 rings (SSSR count). The number of likely N-dealkylation sites (tertiary alicyclic amines) is 1. The minimum Gasteiger partial charge on any atom is -0.381 e. The van der Waals surface area contributed by atoms with Crippen molar-refractivity contribution in [2.75, 3.05) is 31.6 Å². The van der Waals surface area contributed by atoms with Gasteiger partial charge in [0.05, 0.1) is 11.6 Å². The molecule has 1 aromatic rings. The number of anilines is 1. The van der Waals surface area contributed by atoms with E-state index in [1.807, 2.05) is 0 Å². The molecule has 2 aliphatic rings. The maximum Gasteiger partial charge on any atom is 0.417 e. The van der Waals surface area contributed by atoms with Crippen molar-refractivity contribution in [3.63, 3.8) is 0 Å². The van der Waals surface area contributed by atoms with Crippen LogP contribution in [0.3, 0.4) is 0 Å². The number of ether oxygens (including phenoxy) is 1. The van der Waals surface area contributed by atoms with Crippen LogP contribution in [0.2, 0.25) is 0 Å². The molecule has 2 fully saturated rings. The zero-order chi connectivity index (χ0) is 17.9. The zero-order valence-electron chi connectivity index (χ0n) is 13.9. The van der Waals surface area contributed by atoms with Crippen LogP contribution in [0, 0.1) is 5.92 Å². The van der Waals surface area contributed by atoms with Crippen LogP contribution in [0.1, 0.15) is 31.2 Å². The quantitative estimate of drug-likeness (QED) is 0.900. The van der Waals surface area contributed by atoms with Crippen molar-refractivity contribution < 1.29 is 22.7 Å². The molecule has 0 bridgehead atoms. The van der Waals surface area contributed by atoms with Crippen LogP contribution < -0.4 is 5.32 Å². The maximum absolute atomic E-state index is 12.6. The summed E-state index contributed by atoms with van der Waals surface area (Å²) < 4.78 is 43.0. The summed E-state index contributed by atoms with van der Waals surface area (Å²) in [4.78, 5) is 18.4. The summed E-state index contributed by atoms with van der Waals surface area (Å²) in [7, 11) is 0. The number of aromatic nitrogens is 1. The number of amides is 1. The Balaban J connectivity index is 1.57. The second-order valence-corrected chi connectivity index (χ2v) is 6.63. The number of nitrogens with zero attached hydrogens (tertiary/aromatic N) is 2. The van der Waals surface area contributed by atoms with Gasteiger partial charge in [-0.15, -0.1) is 0 Å². The average molecular weight is 357 g/mol. The molecule has 138 valence electrons. The summed E-state index contributed by atoms with van der Waals surface area (Å²) in [6.45, 7) is 3.27. The highest BCUT2D eigenvalue weighted by molar-refractivity contribution is 5.94. The van der Waals surface area contributed by atoms with Crippen molar-refractivity contribution in [2.45, 2.75) is 37.9 Å². The molecule has 2 saturated heterocycles. The number of nitrogens with one attached hydrogen (secondary N) is 1. The van der Waals surface area contributed by atoms with E-state index in [4.69, 9.17) is 4.74 Å². The lowest BCUT2D eigenvalue weighted by Gasteiger charge is -2.30. The molecule has 0 radical (unpaired) electrons. The van der Waals surface area contributed by atoms with Gasteiger partial charge in [0.1, 0.15) is 5.82 Å². The highest BCUT2D eigenvalue weighted by Crippen LogP contribution is 2.29. The normalized spacial score (nSPS) is 22.9. The minimum absolute atomic E-state index is 0.149. The van der Waals surface area contributed by atoms with Crippen LogP contribution >= 0.6 is 0 Å². The van der Waals surface area contributed by atoms with Crippen LogP contribution in [0.4, 0.5) is 19.0 Å². The molecule has 0 saturated carbocycles. The lowest BCUT2D eigenvalue weighted by Crippen LogP contribution is -2.42. The molecule has 1 amide bonds. The summed E-state index contributed by atoms with van der Waals surface area (Å²) in [5.74, 6) is 0.485. The molecule has 2 aliphatic heterocycles. The third-order valence-electron chi connectivity index (χ3n) is 4.84. The summed E-state index contributed by atoms with van der Waals surface area (Å²) in [6.07, 6.45) is 0.0274. The van der Waals surface area contributed by atoms with Crippen LogP contribution in [0.25, 0.3) is 0 Å². The van der Waals surface area contributed by atoms with Gasteiger partial charge in [-0.2, -0.15) is 13.2 Å². The Labute approximate surface area is 144 Å². The third-order valence-corrected chi connectivity index (χ3v) is 4.84. The van der Waals surface area contributed by atoms with Crippen molar-refractivity contribution in [3.8, 4) is 0 Å². The first-order valence-electron chi connectivity index (χ1n) is 8.59. The van der Waals surface area contributed by atoms with Crippen molar-refractivity contribution in [1.82, 2.24) is 9.88 Å². The molecular formula is C17H22F3N3O2. The molecule has 0 spiro atoms. The molecular weight excluding hydrogens is 335 g/mol.